The minimum atomic E-state index is -3.08. The van der Waals surface area contributed by atoms with Gasteiger partial charge in [-0.2, -0.15) is 0 Å². The Balaban J connectivity index is 1.93. The van der Waals surface area contributed by atoms with Crippen molar-refractivity contribution in [2.45, 2.75) is 65.4 Å². The van der Waals surface area contributed by atoms with Gasteiger partial charge >= 0.3 is 5.97 Å². The zero-order valence-corrected chi connectivity index (χ0v) is 26.6. The molecule has 3 aromatic carbocycles. The Bertz CT molecular complexity index is 1400. The molecule has 43 heavy (non-hydrogen) atoms. The van der Waals surface area contributed by atoms with Gasteiger partial charge in [0, 0.05) is 18.7 Å². The van der Waals surface area contributed by atoms with Crippen LogP contribution < -0.4 is 15.3 Å². The average Bonchev–Trinajstić information content (AvgIpc) is 2.96. The Kier molecular flexibility index (Phi) is 10.0. The smallest absolute Gasteiger partial charge is 0.361 e. The molecule has 2 atom stereocenters. The van der Waals surface area contributed by atoms with Crippen molar-refractivity contribution in [1.82, 2.24) is 0 Å². The number of anilines is 1. The van der Waals surface area contributed by atoms with Crippen LogP contribution in [0.5, 0.6) is 0 Å². The lowest BCUT2D eigenvalue weighted by atomic mass is 10.0. The number of carbonyl (C=O) groups is 1. The molecule has 4 rings (SSSR count). The molecule has 0 amide bonds. The summed E-state index contributed by atoms with van der Waals surface area (Å²) in [4.78, 5) is 14.3. The number of morpholine rings is 1. The summed E-state index contributed by atoms with van der Waals surface area (Å²) in [5, 5.41) is 14.4. The van der Waals surface area contributed by atoms with Gasteiger partial charge in [0.2, 0.25) is 0 Å². The van der Waals surface area contributed by atoms with Crippen LogP contribution in [0.4, 0.5) is 14.5 Å². The zero-order chi connectivity index (χ0) is 31.4. The Labute approximate surface area is 253 Å². The number of nitrogens with zero attached hydrogens (tertiary/aromatic N) is 2. The first-order chi connectivity index (χ1) is 20.4. The quantitative estimate of drug-likeness (QED) is 0.115. The lowest BCUT2D eigenvalue weighted by Gasteiger charge is -2.43. The third-order valence-electron chi connectivity index (χ3n) is 7.68. The SMILES string of the molecule is CCOC(=O)C(=NO)c1cc(CO[Si](c2ccccc2)(c2ccccc2)C(C)(C)C)c(N2C[C@@H](C)O[C@H](C)C2)c(F)c1F. The fraction of sp³-hybridized carbons (Fsp3) is 0.394. The molecule has 1 saturated heterocycles. The number of ether oxygens (including phenoxy) is 2. The molecule has 3 aromatic rings. The van der Waals surface area contributed by atoms with Gasteiger partial charge in [-0.3, -0.25) is 0 Å². The van der Waals surface area contributed by atoms with Crippen molar-refractivity contribution in [2.24, 2.45) is 5.16 Å². The fourth-order valence-electron chi connectivity index (χ4n) is 6.01. The largest absolute Gasteiger partial charge is 0.461 e. The van der Waals surface area contributed by atoms with Crippen LogP contribution in [0, 0.1) is 11.6 Å². The Hall–Kier alpha value is -3.60. The highest BCUT2D eigenvalue weighted by atomic mass is 28.4. The second-order valence-corrected chi connectivity index (χ2v) is 16.1. The van der Waals surface area contributed by atoms with Crippen LogP contribution in [0.15, 0.2) is 71.9 Å². The van der Waals surface area contributed by atoms with Crippen LogP contribution >= 0.6 is 0 Å². The molecular formula is C33H40F2N2O5Si. The first-order valence-corrected chi connectivity index (χ1v) is 16.4. The maximum atomic E-state index is 16.2. The Morgan fingerprint density at radius 2 is 1.53 bits per heavy atom. The number of rotatable bonds is 9. The van der Waals surface area contributed by atoms with E-state index >= 15 is 8.78 Å². The summed E-state index contributed by atoms with van der Waals surface area (Å²) in [6.45, 7) is 12.2. The van der Waals surface area contributed by atoms with E-state index in [1.54, 1.807) is 11.8 Å². The van der Waals surface area contributed by atoms with Gasteiger partial charge in [-0.1, -0.05) is 86.6 Å². The highest BCUT2D eigenvalue weighted by Crippen LogP contribution is 2.39. The van der Waals surface area contributed by atoms with Crippen molar-refractivity contribution < 1.29 is 32.7 Å². The normalized spacial score (nSPS) is 18.0. The first-order valence-electron chi connectivity index (χ1n) is 14.5. The number of hydrogen-bond donors (Lipinski definition) is 1. The van der Waals surface area contributed by atoms with Gasteiger partial charge in [0.25, 0.3) is 8.32 Å². The van der Waals surface area contributed by atoms with E-state index in [0.717, 1.165) is 10.4 Å². The minimum absolute atomic E-state index is 0.0299. The van der Waals surface area contributed by atoms with Crippen LogP contribution in [0.2, 0.25) is 5.04 Å². The van der Waals surface area contributed by atoms with E-state index in [2.05, 4.69) is 25.9 Å². The molecule has 0 aromatic heterocycles. The molecule has 10 heteroatoms. The highest BCUT2D eigenvalue weighted by Gasteiger charge is 2.50. The summed E-state index contributed by atoms with van der Waals surface area (Å²) in [7, 11) is -3.08. The second-order valence-electron chi connectivity index (χ2n) is 11.8. The molecule has 1 heterocycles. The fourth-order valence-corrected chi connectivity index (χ4v) is 10.5. The molecule has 0 radical (unpaired) electrons. The number of oxime groups is 1. The van der Waals surface area contributed by atoms with Crippen LogP contribution in [-0.4, -0.2) is 57.1 Å². The van der Waals surface area contributed by atoms with Gasteiger partial charge in [0.15, 0.2) is 17.3 Å². The van der Waals surface area contributed by atoms with Gasteiger partial charge in [-0.15, -0.1) is 0 Å². The molecule has 1 fully saturated rings. The zero-order valence-electron chi connectivity index (χ0n) is 25.6. The van der Waals surface area contributed by atoms with Crippen LogP contribution in [0.25, 0.3) is 0 Å². The van der Waals surface area contributed by atoms with E-state index in [9.17, 15) is 10.0 Å². The van der Waals surface area contributed by atoms with Gasteiger partial charge < -0.3 is 24.0 Å². The number of esters is 1. The molecule has 0 bridgehead atoms. The number of benzene rings is 3. The molecule has 0 unspecified atom stereocenters. The van der Waals surface area contributed by atoms with Gasteiger partial charge in [-0.25, -0.2) is 13.6 Å². The molecule has 0 saturated carbocycles. The van der Waals surface area contributed by atoms with Gasteiger partial charge in [0.05, 0.1) is 36.7 Å². The van der Waals surface area contributed by atoms with E-state index < -0.39 is 37.2 Å². The van der Waals surface area contributed by atoms with Crippen molar-refractivity contribution in [1.29, 1.82) is 0 Å². The van der Waals surface area contributed by atoms with Gasteiger partial charge in [0.1, 0.15) is 0 Å². The summed E-state index contributed by atoms with van der Waals surface area (Å²) in [6.07, 6.45) is -0.462. The lowest BCUT2D eigenvalue weighted by molar-refractivity contribution is -0.135. The highest BCUT2D eigenvalue weighted by molar-refractivity contribution is 6.99. The molecule has 1 aliphatic rings. The molecule has 0 aliphatic carbocycles. The van der Waals surface area contributed by atoms with E-state index in [1.807, 2.05) is 74.5 Å². The number of hydrogen-bond acceptors (Lipinski definition) is 7. The minimum Gasteiger partial charge on any atom is -0.461 e. The van der Waals surface area contributed by atoms with E-state index in [0.29, 0.717) is 18.7 Å². The standard InChI is InChI=1S/C33H40F2N2O5Si/c1-7-40-32(38)30(36-39)27-18-24(31(29(35)28(27)34)37-19-22(2)42-23(3)20-37)21-41-43(33(4,5)6,25-14-10-8-11-15-25)26-16-12-9-13-17-26/h8-18,22-23,39H,7,19-21H2,1-6H3/t22-,23-/m1/s1. The molecule has 1 aliphatic heterocycles. The first kappa shape index (κ1) is 32.3. The van der Waals surface area contributed by atoms with Crippen LogP contribution in [0.1, 0.15) is 52.7 Å². The van der Waals surface area contributed by atoms with Crippen molar-refractivity contribution in [3.8, 4) is 0 Å². The third kappa shape index (κ3) is 6.51. The summed E-state index contributed by atoms with van der Waals surface area (Å²) in [5.74, 6) is -3.54. The predicted molar refractivity (Wildman–Crippen MR) is 166 cm³/mol. The predicted octanol–water partition coefficient (Wildman–Crippen LogP) is 5.40. The number of carbonyl (C=O) groups excluding carboxylic acids is 1. The Morgan fingerprint density at radius 1 is 1.00 bits per heavy atom. The van der Waals surface area contributed by atoms with Crippen molar-refractivity contribution in [2.75, 3.05) is 24.6 Å². The van der Waals surface area contributed by atoms with Crippen LogP contribution in [-0.2, 0) is 25.3 Å². The van der Waals surface area contributed by atoms with E-state index in [-0.39, 0.29) is 36.1 Å². The maximum absolute atomic E-state index is 16.2. The topological polar surface area (TPSA) is 80.6 Å². The lowest BCUT2D eigenvalue weighted by Crippen LogP contribution is -2.66. The average molecular weight is 611 g/mol. The molecule has 0 spiro atoms. The number of halogens is 2. The Morgan fingerprint density at radius 3 is 2.00 bits per heavy atom. The van der Waals surface area contributed by atoms with Crippen molar-refractivity contribution >= 4 is 36.1 Å². The van der Waals surface area contributed by atoms with E-state index in [1.165, 1.54) is 6.07 Å². The van der Waals surface area contributed by atoms with Crippen LogP contribution in [0.3, 0.4) is 0 Å². The summed E-state index contributed by atoms with van der Waals surface area (Å²) in [6, 6.07) is 21.3. The monoisotopic (exact) mass is 610 g/mol. The molecule has 230 valence electrons. The molecule has 1 N–H and O–H groups in total. The summed E-state index contributed by atoms with van der Waals surface area (Å²) < 4.78 is 49.9. The molecule has 7 nitrogen and oxygen atoms in total. The maximum Gasteiger partial charge on any atom is 0.361 e. The van der Waals surface area contributed by atoms with E-state index in [4.69, 9.17) is 13.9 Å². The summed E-state index contributed by atoms with van der Waals surface area (Å²) >= 11 is 0. The van der Waals surface area contributed by atoms with Gasteiger partial charge in [-0.05, 0) is 42.2 Å². The van der Waals surface area contributed by atoms with Crippen molar-refractivity contribution in [3.63, 3.8) is 0 Å². The molecular weight excluding hydrogens is 570 g/mol. The third-order valence-corrected chi connectivity index (χ3v) is 12.7. The second kappa shape index (κ2) is 13.4. The summed E-state index contributed by atoms with van der Waals surface area (Å²) in [5.41, 5.74) is -0.881. The van der Waals surface area contributed by atoms with Crippen molar-refractivity contribution in [3.05, 3.63) is 89.5 Å².